The van der Waals surface area contributed by atoms with Gasteiger partial charge >= 0.3 is 0 Å². The summed E-state index contributed by atoms with van der Waals surface area (Å²) in [6.07, 6.45) is 6.27. The molecule has 1 aliphatic rings. The lowest BCUT2D eigenvalue weighted by Gasteiger charge is -2.17. The van der Waals surface area contributed by atoms with Gasteiger partial charge in [-0.05, 0) is 42.8 Å². The minimum Gasteiger partial charge on any atom is -0.494 e. The van der Waals surface area contributed by atoms with Crippen LogP contribution in [-0.2, 0) is 11.2 Å². The fourth-order valence-electron chi connectivity index (χ4n) is 4.16. The normalized spacial score (nSPS) is 15.2. The Hall–Kier alpha value is -4.31. The summed E-state index contributed by atoms with van der Waals surface area (Å²) >= 11 is 0. The zero-order valence-corrected chi connectivity index (χ0v) is 19.3. The van der Waals surface area contributed by atoms with Crippen LogP contribution in [0.4, 0.5) is 17.3 Å². The van der Waals surface area contributed by atoms with Crippen molar-refractivity contribution in [3.05, 3.63) is 60.6 Å². The van der Waals surface area contributed by atoms with Crippen molar-refractivity contribution >= 4 is 34.1 Å². The molecule has 10 nitrogen and oxygen atoms in total. The number of ether oxygens (including phenoxy) is 1. The molecule has 4 aromatic rings. The first kappa shape index (κ1) is 22.5. The number of benzene rings is 1. The number of rotatable bonds is 8. The Morgan fingerprint density at radius 1 is 1.23 bits per heavy atom. The molecule has 178 valence electrons. The summed E-state index contributed by atoms with van der Waals surface area (Å²) in [6, 6.07) is 11.5. The Morgan fingerprint density at radius 2 is 2.14 bits per heavy atom. The third-order valence-corrected chi connectivity index (χ3v) is 5.79. The van der Waals surface area contributed by atoms with Crippen LogP contribution < -0.4 is 26.4 Å². The van der Waals surface area contributed by atoms with Gasteiger partial charge in [0.15, 0.2) is 5.82 Å². The number of primary amides is 1. The van der Waals surface area contributed by atoms with Crippen molar-refractivity contribution < 1.29 is 9.53 Å². The minimum absolute atomic E-state index is 0.178. The van der Waals surface area contributed by atoms with E-state index in [-0.39, 0.29) is 18.4 Å². The fraction of sp³-hybridized carbons (Fsp3) is 0.240. The van der Waals surface area contributed by atoms with E-state index in [9.17, 15) is 4.79 Å². The Bertz CT molecular complexity index is 1370. The zero-order valence-electron chi connectivity index (χ0n) is 19.3. The second-order valence-electron chi connectivity index (χ2n) is 8.36. The molecule has 0 bridgehead atoms. The van der Waals surface area contributed by atoms with Gasteiger partial charge < -0.3 is 26.4 Å². The monoisotopic (exact) mass is 470 g/mol. The van der Waals surface area contributed by atoms with Crippen LogP contribution in [0.5, 0.6) is 5.75 Å². The van der Waals surface area contributed by atoms with Crippen molar-refractivity contribution in [3.63, 3.8) is 0 Å². The second-order valence-corrected chi connectivity index (χ2v) is 8.36. The minimum atomic E-state index is -0.375. The van der Waals surface area contributed by atoms with Gasteiger partial charge in [0.1, 0.15) is 17.4 Å². The van der Waals surface area contributed by atoms with Crippen molar-refractivity contribution in [1.82, 2.24) is 25.3 Å². The van der Waals surface area contributed by atoms with Crippen LogP contribution in [0.1, 0.15) is 12.0 Å². The number of hydrogen-bond donors (Lipinski definition) is 4. The zero-order chi connectivity index (χ0) is 24.2. The Kier molecular flexibility index (Phi) is 6.36. The van der Waals surface area contributed by atoms with E-state index in [1.807, 2.05) is 36.4 Å². The van der Waals surface area contributed by atoms with Crippen molar-refractivity contribution in [2.24, 2.45) is 5.73 Å². The molecule has 5 N–H and O–H groups in total. The van der Waals surface area contributed by atoms with Crippen LogP contribution in [0.25, 0.3) is 22.3 Å². The van der Waals surface area contributed by atoms with Crippen LogP contribution in [0, 0.1) is 0 Å². The molecule has 0 radical (unpaired) electrons. The van der Waals surface area contributed by atoms with E-state index in [0.29, 0.717) is 28.7 Å². The van der Waals surface area contributed by atoms with Crippen molar-refractivity contribution in [1.29, 1.82) is 0 Å². The largest absolute Gasteiger partial charge is 0.494 e. The maximum Gasteiger partial charge on any atom is 0.221 e. The van der Waals surface area contributed by atoms with Gasteiger partial charge in [0.25, 0.3) is 0 Å². The van der Waals surface area contributed by atoms with Crippen molar-refractivity contribution in [3.8, 4) is 17.1 Å². The van der Waals surface area contributed by atoms with Crippen molar-refractivity contribution in [2.75, 3.05) is 30.8 Å². The molecule has 4 heterocycles. The molecule has 0 aliphatic carbocycles. The number of nitrogens with one attached hydrogen (secondary N) is 3. The van der Waals surface area contributed by atoms with Gasteiger partial charge in [-0.2, -0.15) is 0 Å². The van der Waals surface area contributed by atoms with Gasteiger partial charge in [-0.15, -0.1) is 0 Å². The number of aromatic nitrogens is 4. The number of nitrogens with zero attached hydrogens (tertiary/aromatic N) is 4. The molecule has 1 saturated heterocycles. The molecular formula is C25H26N8O2. The molecule has 1 fully saturated rings. The number of carbonyl (C=O) groups excluding carboxylic acids is 1. The van der Waals surface area contributed by atoms with Crippen LogP contribution >= 0.6 is 0 Å². The molecule has 0 saturated carbocycles. The standard InChI is InChI=1S/C25H26N8O2/c1-35-20-14-28-13-19-23(20)25(31-18-6-7-27-12-18)33-24(32-19)16-5-8-29-22(11-16)30-17-4-2-3-15(9-17)10-21(26)34/h2-5,8-9,11,13-14,18,27H,6-7,10,12H2,1H3,(H2,26,34)(H,29,30)(H,31,32,33). The summed E-state index contributed by atoms with van der Waals surface area (Å²) in [7, 11) is 1.62. The number of carbonyl (C=O) groups is 1. The molecule has 3 aromatic heterocycles. The topological polar surface area (TPSA) is 140 Å². The Morgan fingerprint density at radius 3 is 2.94 bits per heavy atom. The third kappa shape index (κ3) is 5.12. The van der Waals surface area contributed by atoms with E-state index in [4.69, 9.17) is 20.4 Å². The molecule has 5 rings (SSSR count). The maximum atomic E-state index is 11.3. The molecule has 1 aromatic carbocycles. The molecule has 1 amide bonds. The number of fused-ring (bicyclic) bond motifs is 1. The van der Waals surface area contributed by atoms with E-state index >= 15 is 0 Å². The lowest BCUT2D eigenvalue weighted by molar-refractivity contribution is -0.117. The highest BCUT2D eigenvalue weighted by Crippen LogP contribution is 2.32. The van der Waals surface area contributed by atoms with Crippen LogP contribution in [0.3, 0.4) is 0 Å². The molecule has 1 aliphatic heterocycles. The summed E-state index contributed by atoms with van der Waals surface area (Å²) in [5, 5.41) is 11.0. The highest BCUT2D eigenvalue weighted by molar-refractivity contribution is 5.95. The average molecular weight is 471 g/mol. The van der Waals surface area contributed by atoms with E-state index < -0.39 is 0 Å². The number of amides is 1. The first-order valence-electron chi connectivity index (χ1n) is 11.4. The van der Waals surface area contributed by atoms with Crippen molar-refractivity contribution in [2.45, 2.75) is 18.9 Å². The highest BCUT2D eigenvalue weighted by Gasteiger charge is 2.20. The van der Waals surface area contributed by atoms with Crippen LogP contribution in [-0.4, -0.2) is 52.1 Å². The van der Waals surface area contributed by atoms with E-state index in [1.165, 1.54) is 0 Å². The van der Waals surface area contributed by atoms with E-state index in [1.54, 1.807) is 25.7 Å². The predicted molar refractivity (Wildman–Crippen MR) is 135 cm³/mol. The summed E-state index contributed by atoms with van der Waals surface area (Å²) < 4.78 is 5.55. The SMILES string of the molecule is COc1cncc2nc(-c3ccnc(Nc4cccc(CC(N)=O)c4)c3)nc(NC3CCNC3)c12. The van der Waals surface area contributed by atoms with E-state index in [0.717, 1.165) is 41.7 Å². The number of pyridine rings is 2. The van der Waals surface area contributed by atoms with Gasteiger partial charge in [-0.3, -0.25) is 9.78 Å². The summed E-state index contributed by atoms with van der Waals surface area (Å²) in [4.78, 5) is 29.6. The highest BCUT2D eigenvalue weighted by atomic mass is 16.5. The Balaban J connectivity index is 1.49. The molecule has 1 atom stereocenters. The molecule has 0 spiro atoms. The summed E-state index contributed by atoms with van der Waals surface area (Å²) in [5.74, 6) is 2.13. The number of hydrogen-bond acceptors (Lipinski definition) is 9. The first-order chi connectivity index (χ1) is 17.1. The summed E-state index contributed by atoms with van der Waals surface area (Å²) in [6.45, 7) is 1.83. The smallest absolute Gasteiger partial charge is 0.221 e. The quantitative estimate of drug-likeness (QED) is 0.306. The first-order valence-corrected chi connectivity index (χ1v) is 11.4. The van der Waals surface area contributed by atoms with Gasteiger partial charge in [0.2, 0.25) is 5.91 Å². The van der Waals surface area contributed by atoms with Gasteiger partial charge in [-0.25, -0.2) is 15.0 Å². The molecule has 35 heavy (non-hydrogen) atoms. The lowest BCUT2D eigenvalue weighted by atomic mass is 10.1. The maximum absolute atomic E-state index is 11.3. The van der Waals surface area contributed by atoms with Crippen LogP contribution in [0.2, 0.25) is 0 Å². The second kappa shape index (κ2) is 9.90. The van der Waals surface area contributed by atoms with Gasteiger partial charge in [0, 0.05) is 30.0 Å². The number of nitrogens with two attached hydrogens (primary N) is 1. The molecule has 10 heteroatoms. The van der Waals surface area contributed by atoms with Gasteiger partial charge in [0.05, 0.1) is 36.8 Å². The summed E-state index contributed by atoms with van der Waals surface area (Å²) in [5.41, 5.74) is 8.45. The number of anilines is 3. The van der Waals surface area contributed by atoms with Gasteiger partial charge in [-0.1, -0.05) is 12.1 Å². The third-order valence-electron chi connectivity index (χ3n) is 5.79. The molecular weight excluding hydrogens is 444 g/mol. The van der Waals surface area contributed by atoms with E-state index in [2.05, 4.69) is 25.9 Å². The molecule has 1 unspecified atom stereocenters. The predicted octanol–water partition coefficient (Wildman–Crippen LogP) is 2.64. The van der Waals surface area contributed by atoms with Crippen LogP contribution in [0.15, 0.2) is 55.0 Å². The average Bonchev–Trinajstić information content (AvgIpc) is 3.36. The lowest BCUT2D eigenvalue weighted by Crippen LogP contribution is -2.23. The Labute approximate surface area is 202 Å². The fourth-order valence-corrected chi connectivity index (χ4v) is 4.16. The number of methoxy groups -OCH3 is 1.